The van der Waals surface area contributed by atoms with Gasteiger partial charge < -0.3 is 14.6 Å². The van der Waals surface area contributed by atoms with Gasteiger partial charge in [-0.25, -0.2) is 4.98 Å². The third-order valence-corrected chi connectivity index (χ3v) is 2.79. The molecule has 1 N–H and O–H groups in total. The molecule has 0 fully saturated rings. The van der Waals surface area contributed by atoms with Gasteiger partial charge in [-0.15, -0.1) is 0 Å². The Morgan fingerprint density at radius 1 is 1.06 bits per heavy atom. The zero-order valence-corrected chi connectivity index (χ0v) is 10.4. The maximum Gasteiger partial charge on any atom is 0.211 e. The van der Waals surface area contributed by atoms with Gasteiger partial charge in [0.1, 0.15) is 0 Å². The maximum absolute atomic E-state index is 9.51. The Morgan fingerprint density at radius 2 is 1.71 bits per heavy atom. The molecule has 4 heteroatoms. The number of rotatable bonds is 2. The van der Waals surface area contributed by atoms with Gasteiger partial charge in [-0.05, 0) is 30.9 Å². The third-order valence-electron chi connectivity index (χ3n) is 2.79. The number of fused-ring (bicyclic) bond motifs is 1. The molecule has 0 radical (unpaired) electrons. The van der Waals surface area contributed by atoms with Gasteiger partial charge in [0.2, 0.25) is 5.88 Å². The van der Waals surface area contributed by atoms with Crippen molar-refractivity contribution in [3.05, 3.63) is 23.4 Å². The molecule has 0 unspecified atom stereocenters. The number of methoxy groups -OCH3 is 2. The van der Waals surface area contributed by atoms with Crippen LogP contribution < -0.4 is 9.47 Å². The lowest BCUT2D eigenvalue weighted by molar-refractivity contribution is 0.356. The first-order valence-electron chi connectivity index (χ1n) is 5.30. The first-order chi connectivity index (χ1) is 8.08. The van der Waals surface area contributed by atoms with Crippen molar-refractivity contribution in [1.29, 1.82) is 0 Å². The fourth-order valence-corrected chi connectivity index (χ4v) is 2.13. The van der Waals surface area contributed by atoms with Crippen molar-refractivity contribution in [3.63, 3.8) is 0 Å². The molecule has 0 aliphatic rings. The molecule has 0 aliphatic carbocycles. The number of pyridine rings is 1. The molecule has 0 atom stereocenters. The van der Waals surface area contributed by atoms with E-state index in [1.54, 1.807) is 20.3 Å². The van der Waals surface area contributed by atoms with Gasteiger partial charge in [-0.1, -0.05) is 0 Å². The van der Waals surface area contributed by atoms with E-state index in [4.69, 9.17) is 9.47 Å². The predicted molar refractivity (Wildman–Crippen MR) is 66.0 cm³/mol. The summed E-state index contributed by atoms with van der Waals surface area (Å²) in [7, 11) is 3.21. The van der Waals surface area contributed by atoms with Crippen LogP contribution in [-0.2, 0) is 0 Å². The van der Waals surface area contributed by atoms with E-state index in [0.29, 0.717) is 11.5 Å². The number of benzene rings is 1. The van der Waals surface area contributed by atoms with Crippen LogP contribution in [0.1, 0.15) is 11.3 Å². The quantitative estimate of drug-likeness (QED) is 0.866. The second-order valence-corrected chi connectivity index (χ2v) is 3.92. The summed E-state index contributed by atoms with van der Waals surface area (Å²) in [5.74, 6) is 1.38. The van der Waals surface area contributed by atoms with E-state index in [2.05, 4.69) is 4.98 Å². The smallest absolute Gasteiger partial charge is 0.211 e. The van der Waals surface area contributed by atoms with Crippen molar-refractivity contribution in [2.75, 3.05) is 14.2 Å². The summed E-state index contributed by atoms with van der Waals surface area (Å²) in [5.41, 5.74) is 1.68. The van der Waals surface area contributed by atoms with Crippen LogP contribution in [0.4, 0.5) is 0 Å². The highest BCUT2D eigenvalue weighted by molar-refractivity contribution is 5.94. The van der Waals surface area contributed by atoms with Crippen molar-refractivity contribution in [3.8, 4) is 17.4 Å². The Kier molecular flexibility index (Phi) is 2.79. The molecule has 0 spiro atoms. The lowest BCUT2D eigenvalue weighted by atomic mass is 10.0. The molecule has 17 heavy (non-hydrogen) atoms. The minimum atomic E-state index is 0.0154. The standard InChI is InChI=1S/C13H15NO3/c1-7-5-9-6-10(15)14-8(2)11(9)13(17-4)12(7)16-3/h5-6H,1-4H3,(H,14,15). The van der Waals surface area contributed by atoms with E-state index >= 15 is 0 Å². The Bertz CT molecular complexity index is 579. The van der Waals surface area contributed by atoms with Crippen LogP contribution in [0.15, 0.2) is 12.1 Å². The molecular weight excluding hydrogens is 218 g/mol. The maximum atomic E-state index is 9.51. The van der Waals surface area contributed by atoms with Crippen molar-refractivity contribution in [2.45, 2.75) is 13.8 Å². The molecular formula is C13H15NO3. The van der Waals surface area contributed by atoms with Gasteiger partial charge in [-0.3, -0.25) is 0 Å². The molecule has 0 amide bonds. The van der Waals surface area contributed by atoms with Gasteiger partial charge in [-0.2, -0.15) is 0 Å². The summed E-state index contributed by atoms with van der Waals surface area (Å²) >= 11 is 0. The average molecular weight is 233 g/mol. The Labute approximate surface area is 99.8 Å². The molecule has 4 nitrogen and oxygen atoms in total. The highest BCUT2D eigenvalue weighted by Crippen LogP contribution is 2.40. The number of nitrogens with zero attached hydrogens (tertiary/aromatic N) is 1. The van der Waals surface area contributed by atoms with Crippen LogP contribution in [0.3, 0.4) is 0 Å². The topological polar surface area (TPSA) is 51.6 Å². The van der Waals surface area contributed by atoms with E-state index in [-0.39, 0.29) is 5.88 Å². The van der Waals surface area contributed by atoms with Gasteiger partial charge in [0.25, 0.3) is 0 Å². The van der Waals surface area contributed by atoms with Crippen molar-refractivity contribution in [1.82, 2.24) is 4.98 Å². The molecule has 1 heterocycles. The number of aromatic nitrogens is 1. The summed E-state index contributed by atoms with van der Waals surface area (Å²) < 4.78 is 10.7. The summed E-state index contributed by atoms with van der Waals surface area (Å²) in [6, 6.07) is 3.57. The predicted octanol–water partition coefficient (Wildman–Crippen LogP) is 2.57. The molecule has 2 rings (SSSR count). The average Bonchev–Trinajstić information content (AvgIpc) is 2.26. The Balaban J connectivity index is 2.94. The fraction of sp³-hybridized carbons (Fsp3) is 0.308. The van der Waals surface area contributed by atoms with E-state index in [1.165, 1.54) is 0 Å². The molecule has 2 aromatic rings. The van der Waals surface area contributed by atoms with Crippen LogP contribution in [0.25, 0.3) is 10.8 Å². The van der Waals surface area contributed by atoms with Gasteiger partial charge in [0, 0.05) is 11.5 Å². The van der Waals surface area contributed by atoms with Gasteiger partial charge in [0.05, 0.1) is 19.9 Å². The number of aromatic hydroxyl groups is 1. The van der Waals surface area contributed by atoms with E-state index in [0.717, 1.165) is 22.0 Å². The largest absolute Gasteiger partial charge is 0.493 e. The van der Waals surface area contributed by atoms with Gasteiger partial charge in [0.15, 0.2) is 11.5 Å². The molecule has 90 valence electrons. The van der Waals surface area contributed by atoms with Crippen molar-refractivity contribution < 1.29 is 14.6 Å². The Morgan fingerprint density at radius 3 is 2.29 bits per heavy atom. The number of hydrogen-bond donors (Lipinski definition) is 1. The monoisotopic (exact) mass is 233 g/mol. The SMILES string of the molecule is COc1c(C)cc2cc(O)nc(C)c2c1OC. The lowest BCUT2D eigenvalue weighted by Crippen LogP contribution is -1.97. The fourth-order valence-electron chi connectivity index (χ4n) is 2.13. The first-order valence-corrected chi connectivity index (χ1v) is 5.30. The van der Waals surface area contributed by atoms with E-state index in [9.17, 15) is 5.11 Å². The summed E-state index contributed by atoms with van der Waals surface area (Å²) in [5, 5.41) is 11.3. The van der Waals surface area contributed by atoms with Crippen molar-refractivity contribution in [2.24, 2.45) is 0 Å². The summed E-state index contributed by atoms with van der Waals surface area (Å²) in [6.07, 6.45) is 0. The van der Waals surface area contributed by atoms with Crippen LogP contribution in [-0.4, -0.2) is 24.3 Å². The molecule has 1 aromatic carbocycles. The second-order valence-electron chi connectivity index (χ2n) is 3.92. The molecule has 1 aromatic heterocycles. The van der Waals surface area contributed by atoms with Crippen LogP contribution >= 0.6 is 0 Å². The molecule has 0 bridgehead atoms. The molecule has 0 saturated carbocycles. The van der Waals surface area contributed by atoms with Crippen LogP contribution in [0.2, 0.25) is 0 Å². The number of ether oxygens (including phenoxy) is 2. The normalized spacial score (nSPS) is 10.6. The highest BCUT2D eigenvalue weighted by Gasteiger charge is 2.15. The number of aryl methyl sites for hydroxylation is 2. The van der Waals surface area contributed by atoms with E-state index < -0.39 is 0 Å². The first kappa shape index (κ1) is 11.5. The molecule has 0 aliphatic heterocycles. The molecule has 0 saturated heterocycles. The lowest BCUT2D eigenvalue weighted by Gasteiger charge is -2.14. The summed E-state index contributed by atoms with van der Waals surface area (Å²) in [4.78, 5) is 4.04. The van der Waals surface area contributed by atoms with Crippen LogP contribution in [0.5, 0.6) is 17.4 Å². The number of hydrogen-bond acceptors (Lipinski definition) is 4. The minimum Gasteiger partial charge on any atom is -0.493 e. The zero-order chi connectivity index (χ0) is 12.6. The van der Waals surface area contributed by atoms with E-state index in [1.807, 2.05) is 19.9 Å². The minimum absolute atomic E-state index is 0.0154. The van der Waals surface area contributed by atoms with Gasteiger partial charge >= 0.3 is 0 Å². The van der Waals surface area contributed by atoms with Crippen LogP contribution in [0, 0.1) is 13.8 Å². The zero-order valence-electron chi connectivity index (χ0n) is 10.4. The van der Waals surface area contributed by atoms with Crippen molar-refractivity contribution >= 4 is 10.8 Å². The highest BCUT2D eigenvalue weighted by atomic mass is 16.5. The Hall–Kier alpha value is -1.97. The third kappa shape index (κ3) is 1.75. The second kappa shape index (κ2) is 4.13. The summed E-state index contributed by atoms with van der Waals surface area (Å²) in [6.45, 7) is 3.77.